The van der Waals surface area contributed by atoms with E-state index < -0.39 is 12.2 Å². The van der Waals surface area contributed by atoms with Crippen LogP contribution in [0.5, 0.6) is 0 Å². The molecule has 0 aliphatic heterocycles. The van der Waals surface area contributed by atoms with E-state index in [1.807, 2.05) is 48.5 Å². The van der Waals surface area contributed by atoms with Crippen LogP contribution in [0, 0.1) is 0 Å². The lowest BCUT2D eigenvalue weighted by molar-refractivity contribution is -0.0265. The monoisotopic (exact) mass is 566 g/mol. The number of hydrogen-bond donors (Lipinski definition) is 4. The molecule has 0 saturated heterocycles. The maximum Gasteiger partial charge on any atom is 0.124 e. The second-order valence-electron chi connectivity index (χ2n) is 9.40. The van der Waals surface area contributed by atoms with Gasteiger partial charge in [-0.2, -0.15) is 0 Å². The summed E-state index contributed by atoms with van der Waals surface area (Å²) in [6.45, 7) is 3.65. The number of nitrogen functional groups attached to an aromatic ring is 2. The molecule has 0 fully saturated rings. The van der Waals surface area contributed by atoms with Crippen molar-refractivity contribution in [1.29, 1.82) is 0 Å². The zero-order valence-electron chi connectivity index (χ0n) is 23.0. The van der Waals surface area contributed by atoms with Crippen LogP contribution in [0.2, 0.25) is 0 Å². The highest BCUT2D eigenvalue weighted by molar-refractivity contribution is 5.81. The van der Waals surface area contributed by atoms with Crippen molar-refractivity contribution in [3.63, 3.8) is 0 Å². The van der Waals surface area contributed by atoms with Gasteiger partial charge in [0.2, 0.25) is 0 Å². The van der Waals surface area contributed by atoms with E-state index in [2.05, 4.69) is 9.97 Å². The first-order valence-electron chi connectivity index (χ1n) is 13.6. The molecule has 2 aromatic heterocycles. The predicted molar refractivity (Wildman–Crippen MR) is 156 cm³/mol. The summed E-state index contributed by atoms with van der Waals surface area (Å²) in [5.74, 6) is 0.928. The summed E-state index contributed by atoms with van der Waals surface area (Å²) in [7, 11) is 0. The summed E-state index contributed by atoms with van der Waals surface area (Å²) in [6, 6.07) is 18.3. The van der Waals surface area contributed by atoms with Gasteiger partial charge in [-0.25, -0.2) is 9.97 Å². The topological polar surface area (TPSA) is 164 Å². The maximum absolute atomic E-state index is 10.4. The quantitative estimate of drug-likeness (QED) is 0.131. The summed E-state index contributed by atoms with van der Waals surface area (Å²) in [6.07, 6.45) is -1.47. The molecule has 0 saturated carbocycles. The Kier molecular flexibility index (Phi) is 12.0. The summed E-state index contributed by atoms with van der Waals surface area (Å²) in [4.78, 5) is 8.51. The number of benzene rings is 2. The molecule has 0 aliphatic carbocycles. The third-order valence-electron chi connectivity index (χ3n) is 6.28. The van der Waals surface area contributed by atoms with Crippen LogP contribution in [0.25, 0.3) is 21.8 Å². The number of aliphatic hydroxyl groups excluding tert-OH is 2. The predicted octanol–water partition coefficient (Wildman–Crippen LogP) is 2.80. The van der Waals surface area contributed by atoms with Gasteiger partial charge < -0.3 is 45.4 Å². The van der Waals surface area contributed by atoms with Gasteiger partial charge in [0, 0.05) is 10.8 Å². The van der Waals surface area contributed by atoms with Crippen molar-refractivity contribution in [3.8, 4) is 0 Å². The second-order valence-corrected chi connectivity index (χ2v) is 9.40. The van der Waals surface area contributed by atoms with Crippen molar-refractivity contribution in [2.24, 2.45) is 0 Å². The molecule has 0 radical (unpaired) electrons. The molecule has 2 atom stereocenters. The molecule has 2 unspecified atom stereocenters. The summed E-state index contributed by atoms with van der Waals surface area (Å²) in [5.41, 5.74) is 14.5. The number of fused-ring (bicyclic) bond motifs is 2. The number of ether oxygens (including phenoxy) is 5. The van der Waals surface area contributed by atoms with Crippen LogP contribution in [0.4, 0.5) is 11.6 Å². The number of aliphatic hydroxyl groups is 2. The zero-order chi connectivity index (χ0) is 28.9. The van der Waals surface area contributed by atoms with E-state index in [9.17, 15) is 10.2 Å². The summed E-state index contributed by atoms with van der Waals surface area (Å²) >= 11 is 0. The van der Waals surface area contributed by atoms with Crippen molar-refractivity contribution < 1.29 is 33.9 Å². The standard InChI is InChI=1S/C30H38N4O7/c31-29-7-3-21-17-23(1-5-25(21)33-29)27(35)19-40-15-13-38-11-9-37-10-12-39-14-16-41-20-28(36)24-2-6-26-22(18-24)4-8-30(32)34-26/h1-8,17-18,27-28,35-36H,9-16,19-20H2,(H2,31,33)(H2,32,34). The van der Waals surface area contributed by atoms with Crippen LogP contribution in [0.1, 0.15) is 23.3 Å². The smallest absolute Gasteiger partial charge is 0.124 e. The Morgan fingerprint density at radius 1 is 0.512 bits per heavy atom. The van der Waals surface area contributed by atoms with E-state index in [0.29, 0.717) is 64.5 Å². The molecule has 0 spiro atoms. The van der Waals surface area contributed by atoms with E-state index in [-0.39, 0.29) is 13.2 Å². The minimum atomic E-state index is -0.737. The van der Waals surface area contributed by atoms with Gasteiger partial charge in [0.15, 0.2) is 0 Å². The number of aromatic nitrogens is 2. The third-order valence-corrected chi connectivity index (χ3v) is 6.28. The van der Waals surface area contributed by atoms with Crippen LogP contribution >= 0.6 is 0 Å². The van der Waals surface area contributed by atoms with Crippen LogP contribution in [0.3, 0.4) is 0 Å². The number of pyridine rings is 2. The van der Waals surface area contributed by atoms with E-state index in [0.717, 1.165) is 32.9 Å². The molecule has 2 aromatic carbocycles. The first-order chi connectivity index (χ1) is 20.0. The highest BCUT2D eigenvalue weighted by atomic mass is 16.6. The Bertz CT molecular complexity index is 1270. The van der Waals surface area contributed by atoms with Crippen molar-refractivity contribution in [1.82, 2.24) is 9.97 Å². The van der Waals surface area contributed by atoms with Crippen molar-refractivity contribution in [2.45, 2.75) is 12.2 Å². The van der Waals surface area contributed by atoms with Gasteiger partial charge in [-0.05, 0) is 59.7 Å². The van der Waals surface area contributed by atoms with E-state index in [4.69, 9.17) is 35.2 Å². The number of hydrogen-bond acceptors (Lipinski definition) is 11. The molecular weight excluding hydrogens is 528 g/mol. The Morgan fingerprint density at radius 3 is 1.27 bits per heavy atom. The molecule has 220 valence electrons. The van der Waals surface area contributed by atoms with Crippen molar-refractivity contribution in [2.75, 3.05) is 77.5 Å². The molecule has 0 aliphatic rings. The van der Waals surface area contributed by atoms with E-state index in [1.54, 1.807) is 12.1 Å². The SMILES string of the molecule is Nc1ccc2cc(C(O)COCCOCCOCCOCCOCC(O)c3ccc4nc(N)ccc4c3)ccc2n1. The lowest BCUT2D eigenvalue weighted by Crippen LogP contribution is -2.15. The molecule has 0 amide bonds. The Labute approximate surface area is 239 Å². The fraction of sp³-hybridized carbons (Fsp3) is 0.400. The minimum Gasteiger partial charge on any atom is -0.386 e. The largest absolute Gasteiger partial charge is 0.386 e. The van der Waals surface area contributed by atoms with E-state index in [1.165, 1.54) is 0 Å². The lowest BCUT2D eigenvalue weighted by Gasteiger charge is -2.13. The third kappa shape index (κ3) is 9.87. The fourth-order valence-electron chi connectivity index (χ4n) is 4.09. The Balaban J connectivity index is 0.945. The number of rotatable bonds is 18. The van der Waals surface area contributed by atoms with Gasteiger partial charge >= 0.3 is 0 Å². The van der Waals surface area contributed by atoms with Crippen LogP contribution in [-0.4, -0.2) is 86.2 Å². The molecule has 2 heterocycles. The minimum absolute atomic E-state index is 0.171. The molecular formula is C30H38N4O7. The highest BCUT2D eigenvalue weighted by Gasteiger charge is 2.10. The zero-order valence-corrected chi connectivity index (χ0v) is 23.0. The average Bonchev–Trinajstić information content (AvgIpc) is 2.98. The van der Waals surface area contributed by atoms with Gasteiger partial charge in [-0.1, -0.05) is 12.1 Å². The molecule has 11 heteroatoms. The first-order valence-corrected chi connectivity index (χ1v) is 13.6. The molecule has 4 rings (SSSR count). The summed E-state index contributed by atoms with van der Waals surface area (Å²) in [5, 5.41) is 22.6. The molecule has 11 nitrogen and oxygen atoms in total. The van der Waals surface area contributed by atoms with Gasteiger partial charge in [0.25, 0.3) is 0 Å². The van der Waals surface area contributed by atoms with Gasteiger partial charge in [0.1, 0.15) is 23.8 Å². The lowest BCUT2D eigenvalue weighted by atomic mass is 10.1. The summed E-state index contributed by atoms with van der Waals surface area (Å²) < 4.78 is 27.5. The maximum atomic E-state index is 10.4. The first kappa shape index (κ1) is 30.5. The van der Waals surface area contributed by atoms with E-state index >= 15 is 0 Å². The number of nitrogens with zero attached hydrogens (tertiary/aromatic N) is 2. The Hall–Kier alpha value is -3.42. The highest BCUT2D eigenvalue weighted by Crippen LogP contribution is 2.22. The van der Waals surface area contributed by atoms with Crippen molar-refractivity contribution >= 4 is 33.4 Å². The van der Waals surface area contributed by atoms with Gasteiger partial charge in [0.05, 0.1) is 77.1 Å². The molecule has 4 aromatic rings. The van der Waals surface area contributed by atoms with Crippen LogP contribution in [-0.2, 0) is 23.7 Å². The molecule has 6 N–H and O–H groups in total. The van der Waals surface area contributed by atoms with Crippen LogP contribution < -0.4 is 11.5 Å². The van der Waals surface area contributed by atoms with Gasteiger partial charge in [-0.15, -0.1) is 0 Å². The fourth-order valence-corrected chi connectivity index (χ4v) is 4.09. The van der Waals surface area contributed by atoms with Crippen molar-refractivity contribution in [3.05, 3.63) is 71.8 Å². The second kappa shape index (κ2) is 16.1. The Morgan fingerprint density at radius 2 is 0.878 bits per heavy atom. The molecule has 0 bridgehead atoms. The molecule has 41 heavy (non-hydrogen) atoms. The average molecular weight is 567 g/mol. The number of nitrogens with two attached hydrogens (primary N) is 2. The normalized spacial score (nSPS) is 13.1. The van der Waals surface area contributed by atoms with Crippen LogP contribution in [0.15, 0.2) is 60.7 Å². The number of anilines is 2. The van der Waals surface area contributed by atoms with Gasteiger partial charge in [-0.3, -0.25) is 0 Å².